The van der Waals surface area contributed by atoms with E-state index >= 15 is 0 Å². The average Bonchev–Trinajstić information content (AvgIpc) is 2.61. The van der Waals surface area contributed by atoms with Crippen LogP contribution in [0.25, 0.3) is 0 Å². The molecular weight excluding hydrogens is 310 g/mol. The van der Waals surface area contributed by atoms with E-state index in [2.05, 4.69) is 5.32 Å². The number of carbonyl (C=O) groups excluding carboxylic acids is 2. The van der Waals surface area contributed by atoms with Crippen LogP contribution in [0, 0.1) is 0 Å². The number of benzene rings is 2. The van der Waals surface area contributed by atoms with Crippen LogP contribution in [0.15, 0.2) is 48.5 Å². The normalized spacial score (nSPS) is 11.3. The van der Waals surface area contributed by atoms with E-state index in [4.69, 9.17) is 14.2 Å². The predicted molar refractivity (Wildman–Crippen MR) is 89.5 cm³/mol. The predicted octanol–water partition coefficient (Wildman–Crippen LogP) is 2.89. The molecule has 6 nitrogen and oxygen atoms in total. The van der Waals surface area contributed by atoms with Gasteiger partial charge in [0.1, 0.15) is 17.1 Å². The maximum atomic E-state index is 12.3. The van der Waals surface area contributed by atoms with Crippen molar-refractivity contribution in [1.29, 1.82) is 0 Å². The fraction of sp³-hybridized carbons (Fsp3) is 0.222. The number of hydrogen-bond acceptors (Lipinski definition) is 5. The van der Waals surface area contributed by atoms with Crippen molar-refractivity contribution in [3.63, 3.8) is 0 Å². The Kier molecular flexibility index (Phi) is 5.78. The molecule has 1 amide bonds. The molecule has 0 aliphatic rings. The highest BCUT2D eigenvalue weighted by Gasteiger charge is 2.21. The number of para-hydroxylation sites is 1. The number of carbonyl (C=O) groups is 2. The largest absolute Gasteiger partial charge is 0.497 e. The van der Waals surface area contributed by atoms with Gasteiger partial charge in [-0.25, -0.2) is 4.79 Å². The number of nitrogens with one attached hydrogen (secondary N) is 1. The van der Waals surface area contributed by atoms with Crippen molar-refractivity contribution in [3.8, 4) is 11.5 Å². The highest BCUT2D eigenvalue weighted by Crippen LogP contribution is 2.25. The molecule has 0 bridgehead atoms. The van der Waals surface area contributed by atoms with Gasteiger partial charge in [-0.1, -0.05) is 18.2 Å². The number of esters is 1. The van der Waals surface area contributed by atoms with Crippen molar-refractivity contribution >= 4 is 17.6 Å². The minimum Gasteiger partial charge on any atom is -0.497 e. The van der Waals surface area contributed by atoms with Crippen LogP contribution in [-0.4, -0.2) is 32.2 Å². The van der Waals surface area contributed by atoms with Gasteiger partial charge >= 0.3 is 5.97 Å². The number of amides is 1. The van der Waals surface area contributed by atoms with Gasteiger partial charge in [-0.3, -0.25) is 4.79 Å². The van der Waals surface area contributed by atoms with Gasteiger partial charge in [0.25, 0.3) is 5.91 Å². The Balaban J connectivity index is 2.04. The smallest absolute Gasteiger partial charge is 0.342 e. The Hall–Kier alpha value is -3.02. The molecule has 2 aromatic carbocycles. The second-order valence-electron chi connectivity index (χ2n) is 4.97. The third-order valence-electron chi connectivity index (χ3n) is 3.32. The van der Waals surface area contributed by atoms with Crippen molar-refractivity contribution in [3.05, 3.63) is 54.1 Å². The lowest BCUT2D eigenvalue weighted by Gasteiger charge is -2.15. The highest BCUT2D eigenvalue weighted by atomic mass is 16.5. The first-order chi connectivity index (χ1) is 11.5. The molecule has 0 spiro atoms. The van der Waals surface area contributed by atoms with E-state index in [-0.39, 0.29) is 5.56 Å². The molecule has 0 aliphatic heterocycles. The summed E-state index contributed by atoms with van der Waals surface area (Å²) >= 11 is 0. The van der Waals surface area contributed by atoms with Crippen molar-refractivity contribution in [1.82, 2.24) is 0 Å². The van der Waals surface area contributed by atoms with E-state index in [1.165, 1.54) is 27.2 Å². The number of rotatable bonds is 6. The van der Waals surface area contributed by atoms with Crippen LogP contribution in [0.3, 0.4) is 0 Å². The third-order valence-corrected chi connectivity index (χ3v) is 3.32. The summed E-state index contributed by atoms with van der Waals surface area (Å²) in [6, 6.07) is 13.7. The summed E-state index contributed by atoms with van der Waals surface area (Å²) < 4.78 is 15.5. The second kappa shape index (κ2) is 8.01. The summed E-state index contributed by atoms with van der Waals surface area (Å²) in [6.07, 6.45) is -0.954. The zero-order chi connectivity index (χ0) is 17.5. The third kappa shape index (κ3) is 4.25. The summed E-state index contributed by atoms with van der Waals surface area (Å²) in [4.78, 5) is 24.4. The lowest BCUT2D eigenvalue weighted by atomic mass is 10.2. The second-order valence-corrected chi connectivity index (χ2v) is 4.97. The van der Waals surface area contributed by atoms with Gasteiger partial charge in [0.05, 0.1) is 14.2 Å². The average molecular weight is 329 g/mol. The van der Waals surface area contributed by atoms with Crippen molar-refractivity contribution in [2.75, 3.05) is 19.5 Å². The van der Waals surface area contributed by atoms with Crippen molar-refractivity contribution in [2.45, 2.75) is 13.0 Å². The Morgan fingerprint density at radius 1 is 1.00 bits per heavy atom. The molecule has 2 aromatic rings. The Bertz CT molecular complexity index is 715. The zero-order valence-corrected chi connectivity index (χ0v) is 13.7. The fourth-order valence-electron chi connectivity index (χ4n) is 2.01. The molecule has 0 heterocycles. The van der Waals surface area contributed by atoms with Crippen LogP contribution < -0.4 is 14.8 Å². The van der Waals surface area contributed by atoms with Gasteiger partial charge in [0, 0.05) is 11.8 Å². The maximum Gasteiger partial charge on any atom is 0.342 e. The minimum absolute atomic E-state index is 0.220. The molecule has 1 atom stereocenters. The highest BCUT2D eigenvalue weighted by molar-refractivity contribution is 5.98. The quantitative estimate of drug-likeness (QED) is 0.825. The first kappa shape index (κ1) is 17.3. The van der Waals surface area contributed by atoms with Gasteiger partial charge in [-0.05, 0) is 31.2 Å². The van der Waals surface area contributed by atoms with E-state index in [1.54, 1.807) is 36.4 Å². The molecule has 0 unspecified atom stereocenters. The van der Waals surface area contributed by atoms with Crippen LogP contribution in [0.4, 0.5) is 5.69 Å². The molecule has 0 fully saturated rings. The fourth-order valence-corrected chi connectivity index (χ4v) is 2.01. The monoisotopic (exact) mass is 329 g/mol. The molecule has 24 heavy (non-hydrogen) atoms. The van der Waals surface area contributed by atoms with Crippen LogP contribution in [0.5, 0.6) is 11.5 Å². The van der Waals surface area contributed by atoms with Gasteiger partial charge in [0.2, 0.25) is 0 Å². The van der Waals surface area contributed by atoms with Crippen LogP contribution in [0.2, 0.25) is 0 Å². The molecule has 126 valence electrons. The maximum absolute atomic E-state index is 12.3. The lowest BCUT2D eigenvalue weighted by molar-refractivity contribution is -0.123. The topological polar surface area (TPSA) is 73.9 Å². The molecule has 0 aromatic heterocycles. The minimum atomic E-state index is -0.954. The first-order valence-corrected chi connectivity index (χ1v) is 7.34. The zero-order valence-electron chi connectivity index (χ0n) is 13.7. The number of anilines is 1. The van der Waals surface area contributed by atoms with E-state index < -0.39 is 18.0 Å². The summed E-state index contributed by atoms with van der Waals surface area (Å²) in [5, 5.41) is 2.68. The number of methoxy groups -OCH3 is 2. The molecule has 1 N–H and O–H groups in total. The summed E-state index contributed by atoms with van der Waals surface area (Å²) in [5.41, 5.74) is 0.852. The van der Waals surface area contributed by atoms with E-state index in [0.717, 1.165) is 0 Å². The van der Waals surface area contributed by atoms with E-state index in [9.17, 15) is 9.59 Å². The van der Waals surface area contributed by atoms with Gasteiger partial charge in [-0.2, -0.15) is 0 Å². The lowest BCUT2D eigenvalue weighted by Crippen LogP contribution is -2.30. The van der Waals surface area contributed by atoms with Crippen molar-refractivity contribution < 1.29 is 23.8 Å². The Labute approximate surface area is 140 Å². The molecular formula is C18H19NO5. The Morgan fingerprint density at radius 2 is 1.71 bits per heavy atom. The standard InChI is InChI=1S/C18H19NO5/c1-12(17(20)19-13-7-5-4-6-8-13)24-18(21)15-10-9-14(22-2)11-16(15)23-3/h4-12H,1-3H3,(H,19,20)/t12-/m1/s1. The molecule has 2 rings (SSSR count). The number of ether oxygens (including phenoxy) is 3. The Morgan fingerprint density at radius 3 is 2.33 bits per heavy atom. The van der Waals surface area contributed by atoms with Crippen LogP contribution >= 0.6 is 0 Å². The molecule has 0 aliphatic carbocycles. The molecule has 0 radical (unpaired) electrons. The molecule has 0 saturated carbocycles. The summed E-state index contributed by atoms with van der Waals surface area (Å²) in [7, 11) is 2.96. The van der Waals surface area contributed by atoms with Crippen LogP contribution in [-0.2, 0) is 9.53 Å². The summed E-state index contributed by atoms with van der Waals surface area (Å²) in [6.45, 7) is 1.51. The first-order valence-electron chi connectivity index (χ1n) is 7.34. The van der Waals surface area contributed by atoms with Gasteiger partial charge in [0.15, 0.2) is 6.10 Å². The van der Waals surface area contributed by atoms with Crippen molar-refractivity contribution in [2.24, 2.45) is 0 Å². The van der Waals surface area contributed by atoms with E-state index in [1.807, 2.05) is 6.07 Å². The SMILES string of the molecule is COc1ccc(C(=O)O[C@H](C)C(=O)Nc2ccccc2)c(OC)c1. The van der Waals surface area contributed by atoms with Crippen LogP contribution in [0.1, 0.15) is 17.3 Å². The number of hydrogen-bond donors (Lipinski definition) is 1. The molecule has 6 heteroatoms. The molecule has 0 saturated heterocycles. The van der Waals surface area contributed by atoms with Gasteiger partial charge in [-0.15, -0.1) is 0 Å². The van der Waals surface area contributed by atoms with Gasteiger partial charge < -0.3 is 19.5 Å². The van der Waals surface area contributed by atoms with E-state index in [0.29, 0.717) is 17.2 Å². The summed E-state index contributed by atoms with van der Waals surface area (Å²) in [5.74, 6) is -0.194.